The van der Waals surface area contributed by atoms with Crippen LogP contribution in [0.5, 0.6) is 5.75 Å². The van der Waals surface area contributed by atoms with Gasteiger partial charge in [0.05, 0.1) is 0 Å². The van der Waals surface area contributed by atoms with Crippen LogP contribution in [0.1, 0.15) is 43.6 Å². The zero-order chi connectivity index (χ0) is 16.6. The van der Waals surface area contributed by atoms with Crippen LogP contribution in [0.25, 0.3) is 10.8 Å². The van der Waals surface area contributed by atoms with E-state index < -0.39 is 7.82 Å². The molecule has 2 bridgehead atoms. The second-order valence-electron chi connectivity index (χ2n) is 7.47. The fourth-order valence-electron chi connectivity index (χ4n) is 5.12. The number of fused-ring (bicyclic) bond motifs is 6. The summed E-state index contributed by atoms with van der Waals surface area (Å²) in [4.78, 5) is 0. The Morgan fingerprint density at radius 1 is 1.00 bits per heavy atom. The first-order valence-electron chi connectivity index (χ1n) is 9.11. The molecular formula is C20H19O4P. The lowest BCUT2D eigenvalue weighted by Crippen LogP contribution is -2.36. The molecule has 1 fully saturated rings. The Labute approximate surface area is 146 Å². The lowest BCUT2D eigenvalue weighted by molar-refractivity contribution is 0.124. The predicted octanol–water partition coefficient (Wildman–Crippen LogP) is 5.48. The van der Waals surface area contributed by atoms with Crippen molar-refractivity contribution in [2.45, 2.75) is 50.2 Å². The molecule has 25 heavy (non-hydrogen) atoms. The molecule has 2 aliphatic carbocycles. The highest BCUT2D eigenvalue weighted by atomic mass is 31.2. The fourth-order valence-corrected chi connectivity index (χ4v) is 6.73. The van der Waals surface area contributed by atoms with Gasteiger partial charge in [0.2, 0.25) is 0 Å². The quantitative estimate of drug-likeness (QED) is 0.464. The minimum atomic E-state index is -3.52. The van der Waals surface area contributed by atoms with Crippen LogP contribution in [0.2, 0.25) is 0 Å². The molecule has 6 rings (SSSR count). The first-order chi connectivity index (χ1) is 12.2. The molecule has 2 aromatic rings. The lowest BCUT2D eigenvalue weighted by atomic mass is 9.69. The van der Waals surface area contributed by atoms with Gasteiger partial charge in [0, 0.05) is 11.5 Å². The van der Waals surface area contributed by atoms with Gasteiger partial charge in [0.1, 0.15) is 18.0 Å². The molecule has 0 saturated carbocycles. The maximum Gasteiger partial charge on any atom is 0.530 e. The molecule has 0 radical (unpaired) electrons. The van der Waals surface area contributed by atoms with E-state index in [-0.39, 0.29) is 18.1 Å². The number of phosphoric acid groups is 1. The van der Waals surface area contributed by atoms with Gasteiger partial charge in [-0.05, 0) is 48.9 Å². The molecule has 4 atom stereocenters. The minimum Gasteiger partial charge on any atom is -0.404 e. The Morgan fingerprint density at radius 3 is 2.84 bits per heavy atom. The smallest absolute Gasteiger partial charge is 0.404 e. The van der Waals surface area contributed by atoms with E-state index >= 15 is 0 Å². The standard InChI is InChI=1S/C20H19O4P/c21-25-22-16-10-9-12-5-1-3-7-14(12)18(16)19-15-8-4-2-6-13(15)11-17(23-25)20(19)24-25/h1,3,5,7,9-10,17,19-20H,2,4,6,8,11H2. The largest absolute Gasteiger partial charge is 0.530 e. The zero-order valence-corrected chi connectivity index (χ0v) is 14.7. The first kappa shape index (κ1) is 14.5. The summed E-state index contributed by atoms with van der Waals surface area (Å²) in [6, 6.07) is 12.3. The van der Waals surface area contributed by atoms with Crippen molar-refractivity contribution in [3.63, 3.8) is 0 Å². The molecule has 0 N–H and O–H groups in total. The molecule has 1 saturated heterocycles. The normalized spacial score (nSPS) is 35.8. The summed E-state index contributed by atoms with van der Waals surface area (Å²) in [6.45, 7) is 0. The van der Waals surface area contributed by atoms with Gasteiger partial charge in [-0.3, -0.25) is 9.05 Å². The van der Waals surface area contributed by atoms with E-state index in [4.69, 9.17) is 13.6 Å². The van der Waals surface area contributed by atoms with Crippen molar-refractivity contribution in [2.24, 2.45) is 0 Å². The second-order valence-corrected chi connectivity index (χ2v) is 8.97. The van der Waals surface area contributed by atoms with Crippen LogP contribution in [0.15, 0.2) is 47.5 Å². The van der Waals surface area contributed by atoms with Crippen molar-refractivity contribution in [3.05, 3.63) is 53.1 Å². The van der Waals surface area contributed by atoms with Gasteiger partial charge in [-0.15, -0.1) is 0 Å². The summed E-state index contributed by atoms with van der Waals surface area (Å²) >= 11 is 0. The van der Waals surface area contributed by atoms with Crippen molar-refractivity contribution in [1.29, 1.82) is 0 Å². The van der Waals surface area contributed by atoms with Crippen LogP contribution in [-0.2, 0) is 13.6 Å². The van der Waals surface area contributed by atoms with Crippen molar-refractivity contribution in [1.82, 2.24) is 0 Å². The molecule has 0 aromatic heterocycles. The zero-order valence-electron chi connectivity index (χ0n) is 13.8. The predicted molar refractivity (Wildman–Crippen MR) is 94.8 cm³/mol. The van der Waals surface area contributed by atoms with E-state index in [9.17, 15) is 4.57 Å². The Hall–Kier alpha value is -1.61. The highest BCUT2D eigenvalue weighted by Crippen LogP contribution is 2.67. The third-order valence-corrected chi connectivity index (χ3v) is 7.56. The molecule has 2 heterocycles. The third kappa shape index (κ3) is 1.99. The first-order valence-corrected chi connectivity index (χ1v) is 10.6. The van der Waals surface area contributed by atoms with Crippen molar-refractivity contribution in [2.75, 3.05) is 0 Å². The monoisotopic (exact) mass is 354 g/mol. The summed E-state index contributed by atoms with van der Waals surface area (Å²) in [7, 11) is -3.52. The number of hydrogen-bond acceptors (Lipinski definition) is 4. The van der Waals surface area contributed by atoms with Gasteiger partial charge in [-0.2, -0.15) is 0 Å². The SMILES string of the molecule is O=P12Oc3ccc4ccccc4c3C3C4=C(CCCC4)CC(O1)C3O2. The molecule has 2 aliphatic heterocycles. The molecule has 5 heteroatoms. The van der Waals surface area contributed by atoms with Crippen molar-refractivity contribution >= 4 is 18.6 Å². The Kier molecular flexibility index (Phi) is 2.89. The van der Waals surface area contributed by atoms with Gasteiger partial charge < -0.3 is 4.52 Å². The average Bonchev–Trinajstić information content (AvgIpc) is 2.87. The third-order valence-electron chi connectivity index (χ3n) is 6.11. The second kappa shape index (κ2) is 4.97. The number of phosphoric ester groups is 1. The molecule has 0 amide bonds. The van der Waals surface area contributed by atoms with Crippen LogP contribution in [0, 0.1) is 0 Å². The minimum absolute atomic E-state index is 0.0912. The maximum absolute atomic E-state index is 13.0. The Morgan fingerprint density at radius 2 is 1.88 bits per heavy atom. The molecular weight excluding hydrogens is 335 g/mol. The summed E-state index contributed by atoms with van der Waals surface area (Å²) in [6.07, 6.45) is 5.16. The molecule has 4 unspecified atom stereocenters. The summed E-state index contributed by atoms with van der Waals surface area (Å²) in [5.41, 5.74) is 4.12. The Bertz CT molecular complexity index is 979. The lowest BCUT2D eigenvalue weighted by Gasteiger charge is -2.38. The molecule has 4 nitrogen and oxygen atoms in total. The van der Waals surface area contributed by atoms with E-state index in [0.717, 1.165) is 24.8 Å². The van der Waals surface area contributed by atoms with E-state index in [2.05, 4.69) is 24.3 Å². The topological polar surface area (TPSA) is 44.8 Å². The highest BCUT2D eigenvalue weighted by Gasteiger charge is 2.57. The van der Waals surface area contributed by atoms with Gasteiger partial charge in [0.25, 0.3) is 0 Å². The maximum atomic E-state index is 13.0. The van der Waals surface area contributed by atoms with Crippen molar-refractivity contribution < 1.29 is 18.1 Å². The summed E-state index contributed by atoms with van der Waals surface area (Å²) in [5.74, 6) is 0.751. The number of hydrogen-bond donors (Lipinski definition) is 0. The molecule has 0 spiro atoms. The van der Waals surface area contributed by atoms with Crippen molar-refractivity contribution in [3.8, 4) is 5.75 Å². The van der Waals surface area contributed by atoms with E-state index in [1.54, 1.807) is 0 Å². The average molecular weight is 354 g/mol. The number of benzene rings is 2. The fraction of sp³-hybridized carbons (Fsp3) is 0.400. The summed E-state index contributed by atoms with van der Waals surface area (Å²) in [5, 5.41) is 2.36. The molecule has 4 aliphatic rings. The van der Waals surface area contributed by atoms with Crippen LogP contribution in [-0.4, -0.2) is 12.2 Å². The molecule has 128 valence electrons. The van der Waals surface area contributed by atoms with E-state index in [1.165, 1.54) is 34.8 Å². The van der Waals surface area contributed by atoms with E-state index in [1.807, 2.05) is 12.1 Å². The highest BCUT2D eigenvalue weighted by molar-refractivity contribution is 7.49. The van der Waals surface area contributed by atoms with Gasteiger partial charge in [-0.1, -0.05) is 41.5 Å². The van der Waals surface area contributed by atoms with Gasteiger partial charge in [0.15, 0.2) is 0 Å². The molecule has 2 aromatic carbocycles. The number of rotatable bonds is 0. The van der Waals surface area contributed by atoms with Crippen LogP contribution >= 0.6 is 7.82 Å². The summed E-state index contributed by atoms with van der Waals surface area (Å²) < 4.78 is 30.6. The van der Waals surface area contributed by atoms with Crippen LogP contribution < -0.4 is 4.52 Å². The van der Waals surface area contributed by atoms with Gasteiger partial charge in [-0.25, -0.2) is 4.57 Å². The van der Waals surface area contributed by atoms with Crippen LogP contribution in [0.3, 0.4) is 0 Å². The van der Waals surface area contributed by atoms with E-state index in [0.29, 0.717) is 5.75 Å². The van der Waals surface area contributed by atoms with Gasteiger partial charge >= 0.3 is 7.82 Å². The Balaban J connectivity index is 1.69. The van der Waals surface area contributed by atoms with Crippen LogP contribution in [0.4, 0.5) is 0 Å².